The molecule has 0 saturated carbocycles. The standard InChI is InChI=1S/C11H11F3N4O2S/c1-5-7(4-15)11(17-16-5)21(19,20)18-6-2-8(12)10(14)9(13)3-6/h2-3,18H,4,15H2,1H3,(H,16,17). The molecule has 0 aliphatic carbocycles. The molecule has 0 unspecified atom stereocenters. The van der Waals surface area contributed by atoms with Gasteiger partial charge in [-0.15, -0.1) is 0 Å². The molecule has 1 aromatic carbocycles. The zero-order valence-corrected chi connectivity index (χ0v) is 11.6. The highest BCUT2D eigenvalue weighted by Gasteiger charge is 2.24. The topological polar surface area (TPSA) is 101 Å². The summed E-state index contributed by atoms with van der Waals surface area (Å²) in [5.74, 6) is -4.70. The van der Waals surface area contributed by atoms with Gasteiger partial charge in [0.05, 0.1) is 5.69 Å². The minimum Gasteiger partial charge on any atom is -0.326 e. The lowest BCUT2D eigenvalue weighted by atomic mass is 10.3. The third-order valence-electron chi connectivity index (χ3n) is 2.73. The van der Waals surface area contributed by atoms with E-state index >= 15 is 0 Å². The predicted octanol–water partition coefficient (Wildman–Crippen LogP) is 1.39. The molecule has 0 spiro atoms. The molecule has 0 bridgehead atoms. The normalized spacial score (nSPS) is 11.7. The van der Waals surface area contributed by atoms with Gasteiger partial charge in [0.1, 0.15) is 0 Å². The van der Waals surface area contributed by atoms with Gasteiger partial charge < -0.3 is 5.73 Å². The lowest BCUT2D eigenvalue weighted by molar-refractivity contribution is 0.448. The summed E-state index contributed by atoms with van der Waals surface area (Å²) < 4.78 is 65.1. The fourth-order valence-corrected chi connectivity index (χ4v) is 2.96. The Balaban J connectivity index is 2.42. The fourth-order valence-electron chi connectivity index (χ4n) is 1.71. The molecule has 1 heterocycles. The number of aromatic nitrogens is 2. The number of rotatable bonds is 4. The van der Waals surface area contributed by atoms with Crippen molar-refractivity contribution in [3.05, 3.63) is 40.8 Å². The quantitative estimate of drug-likeness (QED) is 0.741. The monoisotopic (exact) mass is 320 g/mol. The average Bonchev–Trinajstić information content (AvgIpc) is 2.77. The SMILES string of the molecule is Cc1[nH]nc(S(=O)(=O)Nc2cc(F)c(F)c(F)c2)c1CN. The van der Waals surface area contributed by atoms with Gasteiger partial charge in [-0.3, -0.25) is 9.82 Å². The van der Waals surface area contributed by atoms with Crippen LogP contribution in [0.25, 0.3) is 0 Å². The molecule has 0 amide bonds. The van der Waals surface area contributed by atoms with Gasteiger partial charge in [0.15, 0.2) is 17.5 Å². The molecular formula is C11H11F3N4O2S. The smallest absolute Gasteiger partial charge is 0.281 e. The molecule has 0 aliphatic heterocycles. The molecule has 21 heavy (non-hydrogen) atoms. The number of hydrogen-bond donors (Lipinski definition) is 3. The molecule has 1 aromatic heterocycles. The predicted molar refractivity (Wildman–Crippen MR) is 68.3 cm³/mol. The first-order chi connectivity index (χ1) is 9.76. The highest BCUT2D eigenvalue weighted by Crippen LogP contribution is 2.22. The number of H-pyrrole nitrogens is 1. The number of halogens is 3. The van der Waals surface area contributed by atoms with Crippen molar-refractivity contribution in [1.82, 2.24) is 10.2 Å². The first kappa shape index (κ1) is 15.3. The number of sulfonamides is 1. The van der Waals surface area contributed by atoms with Crippen LogP contribution in [-0.4, -0.2) is 18.6 Å². The highest BCUT2D eigenvalue weighted by atomic mass is 32.2. The van der Waals surface area contributed by atoms with Crippen molar-refractivity contribution in [1.29, 1.82) is 0 Å². The van der Waals surface area contributed by atoms with Gasteiger partial charge in [0, 0.05) is 29.9 Å². The molecule has 4 N–H and O–H groups in total. The van der Waals surface area contributed by atoms with Crippen LogP contribution >= 0.6 is 0 Å². The molecule has 0 radical (unpaired) electrons. The van der Waals surface area contributed by atoms with Crippen molar-refractivity contribution in [2.45, 2.75) is 18.5 Å². The van der Waals surface area contributed by atoms with E-state index in [4.69, 9.17) is 5.73 Å². The van der Waals surface area contributed by atoms with E-state index in [0.29, 0.717) is 17.8 Å². The molecule has 2 rings (SSSR count). The first-order valence-corrected chi connectivity index (χ1v) is 7.16. The number of aromatic amines is 1. The maximum Gasteiger partial charge on any atom is 0.281 e. The summed E-state index contributed by atoms with van der Waals surface area (Å²) in [5.41, 5.74) is 5.66. The van der Waals surface area contributed by atoms with Crippen LogP contribution in [0.2, 0.25) is 0 Å². The van der Waals surface area contributed by atoms with Gasteiger partial charge in [0.2, 0.25) is 5.03 Å². The summed E-state index contributed by atoms with van der Waals surface area (Å²) >= 11 is 0. The average molecular weight is 320 g/mol. The second-order valence-corrected chi connectivity index (χ2v) is 5.79. The van der Waals surface area contributed by atoms with E-state index < -0.39 is 33.2 Å². The van der Waals surface area contributed by atoms with Gasteiger partial charge in [0.25, 0.3) is 10.0 Å². The Morgan fingerprint density at radius 1 is 1.29 bits per heavy atom. The number of benzene rings is 1. The minimum absolute atomic E-state index is 0.0925. The third-order valence-corrected chi connectivity index (χ3v) is 4.08. The van der Waals surface area contributed by atoms with Gasteiger partial charge in [-0.25, -0.2) is 13.2 Å². The third kappa shape index (κ3) is 2.85. The molecule has 0 saturated heterocycles. The van der Waals surface area contributed by atoms with Crippen LogP contribution in [0.4, 0.5) is 18.9 Å². The summed E-state index contributed by atoms with van der Waals surface area (Å²) in [4.78, 5) is 0. The number of nitrogens with one attached hydrogen (secondary N) is 2. The van der Waals surface area contributed by atoms with Crippen LogP contribution in [0.1, 0.15) is 11.3 Å². The Morgan fingerprint density at radius 3 is 2.38 bits per heavy atom. The summed E-state index contributed by atoms with van der Waals surface area (Å²) in [6.45, 7) is 1.48. The lowest BCUT2D eigenvalue weighted by Crippen LogP contribution is -2.17. The number of anilines is 1. The maximum absolute atomic E-state index is 13.1. The van der Waals surface area contributed by atoms with Crippen LogP contribution in [0.15, 0.2) is 17.2 Å². The molecule has 2 aromatic rings. The Labute approximate surface area is 118 Å². The minimum atomic E-state index is -4.21. The zero-order chi connectivity index (χ0) is 15.8. The molecule has 0 atom stereocenters. The Morgan fingerprint density at radius 2 is 1.86 bits per heavy atom. The summed E-state index contributed by atoms with van der Waals surface area (Å²) in [6, 6.07) is 1.05. The second kappa shape index (κ2) is 5.37. The fraction of sp³-hybridized carbons (Fsp3) is 0.182. The van der Waals surface area contributed by atoms with Crippen LogP contribution in [0.5, 0.6) is 0 Å². The molecule has 0 fully saturated rings. The van der Waals surface area contributed by atoms with E-state index in [1.807, 2.05) is 4.72 Å². The summed E-state index contributed by atoms with van der Waals surface area (Å²) in [5, 5.41) is 5.67. The first-order valence-electron chi connectivity index (χ1n) is 5.67. The van der Waals surface area contributed by atoms with Crippen molar-refractivity contribution in [2.75, 3.05) is 4.72 Å². The molecule has 0 aliphatic rings. The lowest BCUT2D eigenvalue weighted by Gasteiger charge is -2.08. The second-order valence-electron chi connectivity index (χ2n) is 4.20. The molecular weight excluding hydrogens is 309 g/mol. The van der Waals surface area contributed by atoms with E-state index in [1.165, 1.54) is 0 Å². The molecule has 6 nitrogen and oxygen atoms in total. The van der Waals surface area contributed by atoms with E-state index in [1.54, 1.807) is 6.92 Å². The molecule has 114 valence electrons. The van der Waals surface area contributed by atoms with Crippen LogP contribution in [-0.2, 0) is 16.6 Å². The van der Waals surface area contributed by atoms with Crippen molar-refractivity contribution < 1.29 is 21.6 Å². The Bertz CT molecular complexity index is 766. The van der Waals surface area contributed by atoms with Crippen LogP contribution in [0.3, 0.4) is 0 Å². The number of nitrogens with two attached hydrogens (primary N) is 1. The van der Waals surface area contributed by atoms with Crippen molar-refractivity contribution in [2.24, 2.45) is 5.73 Å². The Kier molecular flexibility index (Phi) is 3.92. The number of aryl methyl sites for hydroxylation is 1. The van der Waals surface area contributed by atoms with E-state index in [9.17, 15) is 21.6 Å². The number of nitrogens with zero attached hydrogens (tertiary/aromatic N) is 1. The van der Waals surface area contributed by atoms with Crippen molar-refractivity contribution in [3.63, 3.8) is 0 Å². The van der Waals surface area contributed by atoms with E-state index in [0.717, 1.165) is 0 Å². The summed E-state index contributed by atoms with van der Waals surface area (Å²) in [6.07, 6.45) is 0. The highest BCUT2D eigenvalue weighted by molar-refractivity contribution is 7.92. The van der Waals surface area contributed by atoms with Gasteiger partial charge >= 0.3 is 0 Å². The van der Waals surface area contributed by atoms with Gasteiger partial charge in [-0.1, -0.05) is 0 Å². The van der Waals surface area contributed by atoms with Gasteiger partial charge in [-0.05, 0) is 6.92 Å². The van der Waals surface area contributed by atoms with Crippen LogP contribution in [0, 0.1) is 24.4 Å². The van der Waals surface area contributed by atoms with E-state index in [2.05, 4.69) is 10.2 Å². The number of hydrogen-bond acceptors (Lipinski definition) is 4. The van der Waals surface area contributed by atoms with Crippen LogP contribution < -0.4 is 10.5 Å². The van der Waals surface area contributed by atoms with Gasteiger partial charge in [-0.2, -0.15) is 13.5 Å². The Hall–Kier alpha value is -2.07. The van der Waals surface area contributed by atoms with Crippen molar-refractivity contribution in [3.8, 4) is 0 Å². The van der Waals surface area contributed by atoms with E-state index in [-0.39, 0.29) is 17.1 Å². The molecule has 10 heteroatoms. The summed E-state index contributed by atoms with van der Waals surface area (Å²) in [7, 11) is -4.21. The maximum atomic E-state index is 13.1. The largest absolute Gasteiger partial charge is 0.326 e. The van der Waals surface area contributed by atoms with Crippen molar-refractivity contribution >= 4 is 15.7 Å². The zero-order valence-electron chi connectivity index (χ0n) is 10.7.